The van der Waals surface area contributed by atoms with E-state index in [9.17, 15) is 18.3 Å². The third kappa shape index (κ3) is 4.92. The van der Waals surface area contributed by atoms with Gasteiger partial charge in [-0.15, -0.1) is 0 Å². The normalized spacial score (nSPS) is 12.6. The highest BCUT2D eigenvalue weighted by Gasteiger charge is 2.36. The summed E-state index contributed by atoms with van der Waals surface area (Å²) in [6.45, 7) is 0. The molecule has 2 aromatic carbocycles. The molecule has 1 unspecified atom stereocenters. The van der Waals surface area contributed by atoms with Gasteiger partial charge in [-0.25, -0.2) is 4.98 Å². The summed E-state index contributed by atoms with van der Waals surface area (Å²) < 4.78 is 48.1. The van der Waals surface area contributed by atoms with E-state index in [-0.39, 0.29) is 0 Å². The van der Waals surface area contributed by atoms with Gasteiger partial charge in [0.2, 0.25) is 0 Å². The van der Waals surface area contributed by atoms with Crippen molar-refractivity contribution in [3.05, 3.63) is 102 Å². The number of aromatic nitrogens is 3. The molecule has 188 valence electrons. The van der Waals surface area contributed by atoms with Crippen LogP contribution in [0.25, 0.3) is 33.3 Å². The number of hydrogen-bond donors (Lipinski definition) is 1. The largest absolute Gasteiger partial charge is 0.496 e. The lowest BCUT2D eigenvalue weighted by Gasteiger charge is -2.17. The molecule has 5 nitrogen and oxygen atoms in total. The van der Waals surface area contributed by atoms with Gasteiger partial charge in [-0.3, -0.25) is 8.96 Å². The van der Waals surface area contributed by atoms with Crippen LogP contribution in [-0.2, 0) is 6.18 Å². The smallest absolute Gasteiger partial charge is 0.418 e. The lowest BCUT2D eigenvalue weighted by atomic mass is 9.97. The molecule has 5 rings (SSSR count). The fraction of sp³-hybridized carbons (Fsp3) is 0.111. The minimum absolute atomic E-state index is 0.298. The van der Waals surface area contributed by atoms with Crippen molar-refractivity contribution in [2.45, 2.75) is 12.3 Å². The Morgan fingerprint density at radius 2 is 1.78 bits per heavy atom. The van der Waals surface area contributed by atoms with Crippen molar-refractivity contribution >= 4 is 41.4 Å². The van der Waals surface area contributed by atoms with E-state index in [1.165, 1.54) is 21.4 Å². The third-order valence-corrected chi connectivity index (χ3v) is 7.72. The number of para-hydroxylation sites is 1. The first-order valence-electron chi connectivity index (χ1n) is 11.1. The predicted molar refractivity (Wildman–Crippen MR) is 147 cm³/mol. The second-order valence-corrected chi connectivity index (χ2v) is 9.91. The van der Waals surface area contributed by atoms with Crippen LogP contribution in [0.5, 0.6) is 5.75 Å². The van der Waals surface area contributed by atoms with Crippen LogP contribution < -0.4 is 4.74 Å². The van der Waals surface area contributed by atoms with Gasteiger partial charge in [-0.1, -0.05) is 36.4 Å². The average molecular weight is 633 g/mol. The topological polar surface area (TPSA) is 60.2 Å². The average Bonchev–Trinajstić information content (AvgIpc) is 3.30. The molecule has 1 atom stereocenters. The molecule has 0 aliphatic carbocycles. The number of halogens is 4. The summed E-state index contributed by atoms with van der Waals surface area (Å²) in [7, 11) is 3.11. The molecule has 10 heteroatoms. The van der Waals surface area contributed by atoms with Crippen LogP contribution in [0.4, 0.5) is 13.2 Å². The Labute approximate surface area is 227 Å². The number of hydrogen-bond acceptors (Lipinski definition) is 5. The fourth-order valence-electron chi connectivity index (χ4n) is 4.29. The van der Waals surface area contributed by atoms with E-state index in [0.717, 1.165) is 39.5 Å². The van der Waals surface area contributed by atoms with Gasteiger partial charge >= 0.3 is 6.18 Å². The fourth-order valence-corrected chi connectivity index (χ4v) is 5.55. The Balaban J connectivity index is 1.60. The van der Waals surface area contributed by atoms with Crippen molar-refractivity contribution in [3.63, 3.8) is 0 Å². The van der Waals surface area contributed by atoms with Crippen molar-refractivity contribution in [1.29, 1.82) is 0 Å². The van der Waals surface area contributed by atoms with Crippen molar-refractivity contribution in [3.8, 4) is 28.0 Å². The van der Waals surface area contributed by atoms with Crippen LogP contribution in [-0.4, -0.2) is 26.2 Å². The molecular weight excluding hydrogens is 614 g/mol. The van der Waals surface area contributed by atoms with Gasteiger partial charge in [0.25, 0.3) is 0 Å². The number of benzene rings is 2. The van der Waals surface area contributed by atoms with E-state index in [4.69, 9.17) is 4.74 Å². The van der Waals surface area contributed by atoms with E-state index in [1.54, 1.807) is 31.5 Å². The van der Waals surface area contributed by atoms with Crippen molar-refractivity contribution < 1.29 is 23.0 Å². The summed E-state index contributed by atoms with van der Waals surface area (Å²) in [4.78, 5) is 8.52. The lowest BCUT2D eigenvalue weighted by molar-refractivity contribution is -0.139. The summed E-state index contributed by atoms with van der Waals surface area (Å²) in [5, 5.41) is 11.8. The van der Waals surface area contributed by atoms with Crippen molar-refractivity contribution in [1.82, 2.24) is 13.9 Å². The number of ether oxygens (including phenoxy) is 1. The Hall–Kier alpha value is -3.09. The van der Waals surface area contributed by atoms with Gasteiger partial charge < -0.3 is 9.84 Å². The molecule has 0 spiro atoms. The molecule has 1 N–H and O–H groups in total. The third-order valence-electron chi connectivity index (χ3n) is 6.02. The second-order valence-electron chi connectivity index (χ2n) is 8.19. The van der Waals surface area contributed by atoms with Gasteiger partial charge in [-0.2, -0.15) is 13.2 Å². The molecule has 37 heavy (non-hydrogen) atoms. The first-order valence-corrected chi connectivity index (χ1v) is 14.4. The van der Waals surface area contributed by atoms with E-state index in [0.29, 0.717) is 11.1 Å². The highest BCUT2D eigenvalue weighted by Crippen LogP contribution is 2.40. The number of rotatable bonds is 6. The Kier molecular flexibility index (Phi) is 7.15. The summed E-state index contributed by atoms with van der Waals surface area (Å²) in [6.07, 6.45) is -1.22. The molecule has 0 amide bonds. The molecule has 3 aromatic heterocycles. The monoisotopic (exact) mass is 633 g/mol. The number of aliphatic hydroxyl groups is 1. The minimum Gasteiger partial charge on any atom is -0.496 e. The first kappa shape index (κ1) is 25.6. The Morgan fingerprint density at radius 1 is 0.973 bits per heavy atom. The zero-order valence-electron chi connectivity index (χ0n) is 19.3. The number of pyridine rings is 2. The maximum Gasteiger partial charge on any atom is 0.418 e. The minimum atomic E-state index is -4.63. The van der Waals surface area contributed by atoms with E-state index < -0.39 is 23.5 Å². The Morgan fingerprint density at radius 3 is 2.54 bits per heavy atom. The lowest BCUT2D eigenvalue weighted by Crippen LogP contribution is -2.14. The SMILES string of the molecule is COc1ccccc1-c1cn(SI)c2ncc(-c3cccc(C(O)c4ncccc4C(F)(F)F)c3)cc12. The number of nitrogens with zero attached hydrogens (tertiary/aromatic N) is 3. The van der Waals surface area contributed by atoms with E-state index in [1.807, 2.05) is 46.6 Å². The molecular formula is C27H19F3IN3O2S. The van der Waals surface area contributed by atoms with Crippen LogP contribution >= 0.6 is 30.3 Å². The Bertz CT molecular complexity index is 1590. The molecule has 0 saturated heterocycles. The van der Waals surface area contributed by atoms with Gasteiger partial charge in [0, 0.05) is 71.0 Å². The van der Waals surface area contributed by atoms with Crippen LogP contribution in [0.3, 0.4) is 0 Å². The number of aliphatic hydroxyl groups excluding tert-OH is 1. The zero-order valence-corrected chi connectivity index (χ0v) is 22.3. The summed E-state index contributed by atoms with van der Waals surface area (Å²) in [5.74, 6) is 0.728. The maximum absolute atomic E-state index is 13.5. The molecule has 5 aromatic rings. The quantitative estimate of drug-likeness (QED) is 0.194. The van der Waals surface area contributed by atoms with E-state index >= 15 is 0 Å². The van der Waals surface area contributed by atoms with Crippen molar-refractivity contribution in [2.24, 2.45) is 0 Å². The number of fused-ring (bicyclic) bond motifs is 1. The number of alkyl halides is 3. The van der Waals surface area contributed by atoms with Gasteiger partial charge in [0.15, 0.2) is 5.65 Å². The molecule has 0 bridgehead atoms. The van der Waals surface area contributed by atoms with Crippen molar-refractivity contribution in [2.75, 3.05) is 7.11 Å². The summed E-state index contributed by atoms with van der Waals surface area (Å²) in [6, 6.07) is 18.6. The highest BCUT2D eigenvalue weighted by atomic mass is 127. The van der Waals surface area contributed by atoms with Gasteiger partial charge in [-0.05, 0) is 41.5 Å². The maximum atomic E-state index is 13.5. The van der Waals surface area contributed by atoms with Crippen LogP contribution in [0.1, 0.15) is 22.9 Å². The molecule has 0 saturated carbocycles. The van der Waals surface area contributed by atoms with Crippen LogP contribution in [0.2, 0.25) is 0 Å². The molecule has 0 aliphatic rings. The first-order chi connectivity index (χ1) is 17.8. The highest BCUT2D eigenvalue weighted by molar-refractivity contribution is 14.2. The van der Waals surface area contributed by atoms with Gasteiger partial charge in [0.05, 0.1) is 18.4 Å². The van der Waals surface area contributed by atoms with Crippen LogP contribution in [0.15, 0.2) is 85.3 Å². The molecule has 0 radical (unpaired) electrons. The second kappa shape index (κ2) is 10.3. The summed E-state index contributed by atoms with van der Waals surface area (Å²) in [5.41, 5.74) is 2.98. The molecule has 3 heterocycles. The zero-order chi connectivity index (χ0) is 26.2. The standard InChI is InChI=1S/C27H19F3IN3O2S/c1-36-23-10-3-2-8-19(23)21-15-34(37-31)26-20(21)13-18(14-33-26)16-6-4-7-17(12-16)25(35)24-22(27(28,29)30)9-5-11-32-24/h2-15,25,35H,1H3. The molecule has 0 fully saturated rings. The summed E-state index contributed by atoms with van der Waals surface area (Å²) >= 11 is 2.19. The van der Waals surface area contributed by atoms with Crippen LogP contribution in [0, 0.1) is 0 Å². The van der Waals surface area contributed by atoms with Gasteiger partial charge in [0.1, 0.15) is 11.9 Å². The predicted octanol–water partition coefficient (Wildman–Crippen LogP) is 7.72. The number of methoxy groups -OCH3 is 1. The van der Waals surface area contributed by atoms with E-state index in [2.05, 4.69) is 31.2 Å². The molecule has 0 aliphatic heterocycles.